The molecule has 0 aliphatic carbocycles. The molecule has 2 aromatic carbocycles. The van der Waals surface area contributed by atoms with Crippen molar-refractivity contribution >= 4 is 11.8 Å². The first kappa shape index (κ1) is 13.9. The number of para-hydroxylation sites is 1. The van der Waals surface area contributed by atoms with Gasteiger partial charge >= 0.3 is 0 Å². The van der Waals surface area contributed by atoms with Gasteiger partial charge in [0.2, 0.25) is 0 Å². The summed E-state index contributed by atoms with van der Waals surface area (Å²) in [6, 6.07) is 16.2. The molecule has 2 rings (SSSR count). The summed E-state index contributed by atoms with van der Waals surface area (Å²) in [4.78, 5) is 1.24. The van der Waals surface area contributed by atoms with E-state index in [0.717, 1.165) is 16.9 Å². The fourth-order valence-electron chi connectivity index (χ4n) is 2.07. The maximum atomic E-state index is 5.72. The Morgan fingerprint density at radius 2 is 1.79 bits per heavy atom. The van der Waals surface area contributed by atoms with Crippen LogP contribution in [-0.2, 0) is 0 Å². The number of thioether (sulfide) groups is 1. The minimum Gasteiger partial charge on any atom is -0.496 e. The summed E-state index contributed by atoms with van der Waals surface area (Å²) in [5, 5.41) is 0. The van der Waals surface area contributed by atoms with E-state index >= 15 is 0 Å². The van der Waals surface area contributed by atoms with Crippen molar-refractivity contribution in [3.05, 3.63) is 59.7 Å². The molecule has 0 spiro atoms. The summed E-state index contributed by atoms with van der Waals surface area (Å²) in [5.41, 5.74) is 5.01. The van der Waals surface area contributed by atoms with E-state index in [2.05, 4.69) is 35.9 Å². The number of rotatable bonds is 5. The monoisotopic (exact) mass is 274 g/mol. The highest BCUT2D eigenvalue weighted by Gasteiger charge is 2.16. The Labute approximate surface area is 118 Å². The van der Waals surface area contributed by atoms with Gasteiger partial charge in [0.15, 0.2) is 0 Å². The average Bonchev–Trinajstić information content (AvgIpc) is 2.49. The summed E-state index contributed by atoms with van der Waals surface area (Å²) >= 11 is 1.72. The van der Waals surface area contributed by atoms with Crippen molar-refractivity contribution in [1.29, 1.82) is 0 Å². The van der Waals surface area contributed by atoms with Crippen molar-refractivity contribution in [2.45, 2.75) is 10.9 Å². The first-order valence-corrected chi connectivity index (χ1v) is 7.25. The van der Waals surface area contributed by atoms with Crippen LogP contribution < -0.4 is 16.0 Å². The van der Waals surface area contributed by atoms with E-state index in [4.69, 9.17) is 10.6 Å². The lowest BCUT2D eigenvalue weighted by molar-refractivity contribution is 0.404. The minimum absolute atomic E-state index is 0.0768. The third-order valence-electron chi connectivity index (χ3n) is 3.07. The standard InChI is InChI=1S/C15H18N2OS/c1-18-14-6-4-3-5-13(14)15(17-16)11-7-9-12(19-2)10-8-11/h3-10,15,17H,16H2,1-2H3. The van der Waals surface area contributed by atoms with Crippen molar-refractivity contribution in [2.75, 3.05) is 13.4 Å². The van der Waals surface area contributed by atoms with E-state index < -0.39 is 0 Å². The second kappa shape index (κ2) is 6.61. The van der Waals surface area contributed by atoms with E-state index in [1.165, 1.54) is 4.90 Å². The van der Waals surface area contributed by atoms with Crippen LogP contribution in [0.5, 0.6) is 5.75 Å². The molecule has 0 saturated carbocycles. The Balaban J connectivity index is 2.37. The SMILES string of the molecule is COc1ccccc1C(NN)c1ccc(SC)cc1. The quantitative estimate of drug-likeness (QED) is 0.500. The van der Waals surface area contributed by atoms with Crippen LogP contribution in [0.25, 0.3) is 0 Å². The third-order valence-corrected chi connectivity index (χ3v) is 3.81. The molecule has 0 aromatic heterocycles. The number of hydrogen-bond donors (Lipinski definition) is 2. The van der Waals surface area contributed by atoms with Gasteiger partial charge in [-0.2, -0.15) is 0 Å². The Morgan fingerprint density at radius 3 is 2.37 bits per heavy atom. The van der Waals surface area contributed by atoms with Crippen LogP contribution in [0, 0.1) is 0 Å². The molecule has 100 valence electrons. The molecule has 0 aliphatic rings. The molecule has 1 atom stereocenters. The molecule has 1 unspecified atom stereocenters. The summed E-state index contributed by atoms with van der Waals surface area (Å²) in [5.74, 6) is 6.55. The zero-order chi connectivity index (χ0) is 13.7. The summed E-state index contributed by atoms with van der Waals surface area (Å²) < 4.78 is 5.39. The number of hydrazine groups is 1. The predicted molar refractivity (Wildman–Crippen MR) is 80.4 cm³/mol. The Morgan fingerprint density at radius 1 is 1.11 bits per heavy atom. The average molecular weight is 274 g/mol. The summed E-state index contributed by atoms with van der Waals surface area (Å²) in [6.07, 6.45) is 2.06. The largest absolute Gasteiger partial charge is 0.496 e. The summed E-state index contributed by atoms with van der Waals surface area (Å²) in [6.45, 7) is 0. The van der Waals surface area contributed by atoms with Gasteiger partial charge in [-0.15, -0.1) is 11.8 Å². The zero-order valence-electron chi connectivity index (χ0n) is 11.1. The molecule has 0 bridgehead atoms. The molecule has 0 saturated heterocycles. The molecule has 0 amide bonds. The van der Waals surface area contributed by atoms with Gasteiger partial charge in [0.1, 0.15) is 5.75 Å². The molecule has 0 aliphatic heterocycles. The number of methoxy groups -OCH3 is 1. The van der Waals surface area contributed by atoms with Crippen LogP contribution in [0.3, 0.4) is 0 Å². The summed E-state index contributed by atoms with van der Waals surface area (Å²) in [7, 11) is 1.67. The Kier molecular flexibility index (Phi) is 4.85. The fraction of sp³-hybridized carbons (Fsp3) is 0.200. The second-order valence-corrected chi connectivity index (χ2v) is 4.99. The number of nitrogens with two attached hydrogens (primary N) is 1. The van der Waals surface area contributed by atoms with Crippen molar-refractivity contribution in [2.24, 2.45) is 5.84 Å². The van der Waals surface area contributed by atoms with E-state index in [1.54, 1.807) is 18.9 Å². The van der Waals surface area contributed by atoms with Gasteiger partial charge < -0.3 is 4.74 Å². The first-order valence-electron chi connectivity index (χ1n) is 6.03. The van der Waals surface area contributed by atoms with Crippen LogP contribution in [0.15, 0.2) is 53.4 Å². The number of nitrogens with one attached hydrogen (secondary N) is 1. The number of benzene rings is 2. The van der Waals surface area contributed by atoms with E-state index in [9.17, 15) is 0 Å². The molecular weight excluding hydrogens is 256 g/mol. The van der Waals surface area contributed by atoms with Crippen LogP contribution >= 0.6 is 11.8 Å². The Bertz CT molecular complexity index is 528. The molecule has 2 aromatic rings. The van der Waals surface area contributed by atoms with E-state index in [0.29, 0.717) is 0 Å². The topological polar surface area (TPSA) is 47.3 Å². The van der Waals surface area contributed by atoms with Gasteiger partial charge in [-0.05, 0) is 30.0 Å². The van der Waals surface area contributed by atoms with Gasteiger partial charge in [-0.25, -0.2) is 5.43 Å². The first-order chi connectivity index (χ1) is 9.30. The fourth-order valence-corrected chi connectivity index (χ4v) is 2.48. The highest BCUT2D eigenvalue weighted by atomic mass is 32.2. The van der Waals surface area contributed by atoms with Crippen molar-refractivity contribution in [3.63, 3.8) is 0 Å². The molecule has 3 nitrogen and oxygen atoms in total. The molecule has 19 heavy (non-hydrogen) atoms. The molecule has 0 heterocycles. The highest BCUT2D eigenvalue weighted by Crippen LogP contribution is 2.30. The molecular formula is C15H18N2OS. The molecule has 0 fully saturated rings. The number of hydrogen-bond acceptors (Lipinski definition) is 4. The van der Waals surface area contributed by atoms with Gasteiger partial charge in [-0.1, -0.05) is 30.3 Å². The van der Waals surface area contributed by atoms with Gasteiger partial charge in [-0.3, -0.25) is 5.84 Å². The lowest BCUT2D eigenvalue weighted by Crippen LogP contribution is -2.29. The number of ether oxygens (including phenoxy) is 1. The van der Waals surface area contributed by atoms with Gasteiger partial charge in [0.25, 0.3) is 0 Å². The van der Waals surface area contributed by atoms with Crippen LogP contribution in [0.1, 0.15) is 17.2 Å². The van der Waals surface area contributed by atoms with Crippen LogP contribution in [-0.4, -0.2) is 13.4 Å². The van der Waals surface area contributed by atoms with E-state index in [-0.39, 0.29) is 6.04 Å². The second-order valence-electron chi connectivity index (χ2n) is 4.11. The molecule has 3 N–H and O–H groups in total. The van der Waals surface area contributed by atoms with Crippen LogP contribution in [0.2, 0.25) is 0 Å². The maximum absolute atomic E-state index is 5.72. The van der Waals surface area contributed by atoms with E-state index in [1.807, 2.05) is 24.3 Å². The van der Waals surface area contributed by atoms with Crippen molar-refractivity contribution in [1.82, 2.24) is 5.43 Å². The van der Waals surface area contributed by atoms with Crippen molar-refractivity contribution < 1.29 is 4.74 Å². The predicted octanol–water partition coefficient (Wildman–Crippen LogP) is 2.97. The lowest BCUT2D eigenvalue weighted by atomic mass is 9.98. The third kappa shape index (κ3) is 3.10. The minimum atomic E-state index is -0.0768. The molecule has 4 heteroatoms. The maximum Gasteiger partial charge on any atom is 0.124 e. The molecule has 0 radical (unpaired) electrons. The van der Waals surface area contributed by atoms with Gasteiger partial charge in [0, 0.05) is 10.5 Å². The van der Waals surface area contributed by atoms with Crippen LogP contribution in [0.4, 0.5) is 0 Å². The smallest absolute Gasteiger partial charge is 0.124 e. The highest BCUT2D eigenvalue weighted by molar-refractivity contribution is 7.98. The lowest BCUT2D eigenvalue weighted by Gasteiger charge is -2.19. The van der Waals surface area contributed by atoms with Gasteiger partial charge in [0.05, 0.1) is 13.2 Å². The Hall–Kier alpha value is -1.49. The van der Waals surface area contributed by atoms with Crippen molar-refractivity contribution in [3.8, 4) is 5.75 Å². The normalized spacial score (nSPS) is 12.2. The zero-order valence-corrected chi connectivity index (χ0v) is 11.9.